The summed E-state index contributed by atoms with van der Waals surface area (Å²) in [6, 6.07) is 9.52. The van der Waals surface area contributed by atoms with Crippen LogP contribution in [0.1, 0.15) is 5.56 Å². The third-order valence-electron chi connectivity index (χ3n) is 2.98. The van der Waals surface area contributed by atoms with Crippen LogP contribution < -0.4 is 5.73 Å². The van der Waals surface area contributed by atoms with Gasteiger partial charge in [0.05, 0.1) is 5.69 Å². The maximum Gasteiger partial charge on any atom is 0.158 e. The summed E-state index contributed by atoms with van der Waals surface area (Å²) in [5.41, 5.74) is 9.49. The molecule has 0 amide bonds. The summed E-state index contributed by atoms with van der Waals surface area (Å²) in [6.07, 6.45) is 4.39. The van der Waals surface area contributed by atoms with E-state index < -0.39 is 0 Å². The minimum atomic E-state index is 0.561. The summed E-state index contributed by atoms with van der Waals surface area (Å²) in [4.78, 5) is 4.38. The Morgan fingerprint density at radius 1 is 1.26 bits per heavy atom. The van der Waals surface area contributed by atoms with Crippen LogP contribution in [0.2, 0.25) is 5.02 Å². The van der Waals surface area contributed by atoms with E-state index in [4.69, 9.17) is 17.3 Å². The van der Waals surface area contributed by atoms with Gasteiger partial charge in [-0.25, -0.2) is 9.50 Å². The molecule has 0 aliphatic carbocycles. The third-order valence-corrected chi connectivity index (χ3v) is 3.22. The van der Waals surface area contributed by atoms with Crippen LogP contribution in [0.15, 0.2) is 42.7 Å². The molecule has 0 radical (unpaired) electrons. The van der Waals surface area contributed by atoms with Crippen molar-refractivity contribution in [3.8, 4) is 11.3 Å². The molecular formula is C14H13ClN4. The molecule has 0 spiro atoms. The lowest BCUT2D eigenvalue weighted by Gasteiger charge is -2.01. The molecule has 0 unspecified atom stereocenters. The summed E-state index contributed by atoms with van der Waals surface area (Å²) in [6.45, 7) is 0.561. The number of benzene rings is 1. The van der Waals surface area contributed by atoms with Crippen LogP contribution in [0.25, 0.3) is 16.9 Å². The van der Waals surface area contributed by atoms with Gasteiger partial charge in [-0.1, -0.05) is 23.7 Å². The van der Waals surface area contributed by atoms with Crippen LogP contribution in [-0.4, -0.2) is 21.1 Å². The molecule has 0 saturated heterocycles. The molecular weight excluding hydrogens is 260 g/mol. The molecule has 0 fully saturated rings. The Hall–Kier alpha value is -1.91. The zero-order valence-electron chi connectivity index (χ0n) is 10.3. The fourth-order valence-electron chi connectivity index (χ4n) is 2.18. The van der Waals surface area contributed by atoms with Gasteiger partial charge in [-0.15, -0.1) is 0 Å². The second-order valence-electron chi connectivity index (χ2n) is 4.26. The Morgan fingerprint density at radius 2 is 2.16 bits per heavy atom. The number of hydrogen-bond acceptors (Lipinski definition) is 3. The molecule has 0 atom stereocenters. The minimum Gasteiger partial charge on any atom is -0.330 e. The van der Waals surface area contributed by atoms with Crippen molar-refractivity contribution in [1.29, 1.82) is 0 Å². The van der Waals surface area contributed by atoms with Crippen molar-refractivity contribution in [3.63, 3.8) is 0 Å². The Labute approximate surface area is 115 Å². The average Bonchev–Trinajstić information content (AvgIpc) is 2.79. The maximum absolute atomic E-state index is 6.05. The molecule has 3 aromatic rings. The second-order valence-corrected chi connectivity index (χ2v) is 4.70. The smallest absolute Gasteiger partial charge is 0.158 e. The topological polar surface area (TPSA) is 56.2 Å². The van der Waals surface area contributed by atoms with E-state index in [1.807, 2.05) is 36.5 Å². The van der Waals surface area contributed by atoms with Gasteiger partial charge in [0.15, 0.2) is 5.65 Å². The molecule has 0 saturated carbocycles. The molecule has 2 N–H and O–H groups in total. The Kier molecular flexibility index (Phi) is 3.19. The lowest BCUT2D eigenvalue weighted by Crippen LogP contribution is -2.03. The van der Waals surface area contributed by atoms with Crippen molar-refractivity contribution in [2.75, 3.05) is 6.54 Å². The summed E-state index contributed by atoms with van der Waals surface area (Å²) in [7, 11) is 0. The summed E-state index contributed by atoms with van der Waals surface area (Å²) in [5.74, 6) is 0. The van der Waals surface area contributed by atoms with Gasteiger partial charge >= 0.3 is 0 Å². The van der Waals surface area contributed by atoms with E-state index in [1.54, 1.807) is 10.7 Å². The van der Waals surface area contributed by atoms with E-state index in [2.05, 4.69) is 10.1 Å². The van der Waals surface area contributed by atoms with E-state index >= 15 is 0 Å². The van der Waals surface area contributed by atoms with Crippen LogP contribution in [0.4, 0.5) is 0 Å². The van der Waals surface area contributed by atoms with Gasteiger partial charge in [0.1, 0.15) is 0 Å². The fraction of sp³-hybridized carbons (Fsp3) is 0.143. The molecule has 0 aliphatic heterocycles. The number of nitrogens with zero attached hydrogens (tertiary/aromatic N) is 3. The van der Waals surface area contributed by atoms with Gasteiger partial charge in [0.25, 0.3) is 0 Å². The van der Waals surface area contributed by atoms with E-state index in [-0.39, 0.29) is 0 Å². The number of hydrogen-bond donors (Lipinski definition) is 1. The third kappa shape index (κ3) is 2.20. The predicted octanol–water partition coefficient (Wildman–Crippen LogP) is 2.55. The zero-order valence-corrected chi connectivity index (χ0v) is 11.0. The predicted molar refractivity (Wildman–Crippen MR) is 76.2 cm³/mol. The van der Waals surface area contributed by atoms with Gasteiger partial charge in [-0.3, -0.25) is 0 Å². The van der Waals surface area contributed by atoms with E-state index in [0.29, 0.717) is 11.6 Å². The van der Waals surface area contributed by atoms with Gasteiger partial charge in [-0.05, 0) is 31.2 Å². The van der Waals surface area contributed by atoms with Crippen LogP contribution in [0.5, 0.6) is 0 Å². The monoisotopic (exact) mass is 272 g/mol. The highest BCUT2D eigenvalue weighted by Gasteiger charge is 2.14. The first-order chi connectivity index (χ1) is 9.29. The fourth-order valence-corrected chi connectivity index (χ4v) is 2.37. The molecule has 19 heavy (non-hydrogen) atoms. The molecule has 3 rings (SSSR count). The molecule has 2 aromatic heterocycles. The number of nitrogens with two attached hydrogens (primary N) is 1. The molecule has 4 nitrogen and oxygen atoms in total. The SMILES string of the molecule is NCCc1c(-c2cccc(Cl)c2)nn2cccnc12. The first-order valence-corrected chi connectivity index (χ1v) is 6.45. The first kappa shape index (κ1) is 12.1. The number of fused-ring (bicyclic) bond motifs is 1. The van der Waals surface area contributed by atoms with E-state index in [9.17, 15) is 0 Å². The minimum absolute atomic E-state index is 0.561. The van der Waals surface area contributed by atoms with Crippen molar-refractivity contribution in [2.45, 2.75) is 6.42 Å². The normalized spacial score (nSPS) is 11.1. The zero-order chi connectivity index (χ0) is 13.2. The van der Waals surface area contributed by atoms with Crippen LogP contribution >= 0.6 is 11.6 Å². The van der Waals surface area contributed by atoms with Crippen molar-refractivity contribution in [3.05, 3.63) is 53.3 Å². The van der Waals surface area contributed by atoms with Crippen LogP contribution in [0, 0.1) is 0 Å². The van der Waals surface area contributed by atoms with Gasteiger partial charge in [-0.2, -0.15) is 5.10 Å². The molecule has 96 valence electrons. The Bertz CT molecular complexity index is 720. The molecule has 2 heterocycles. The van der Waals surface area contributed by atoms with Gasteiger partial charge < -0.3 is 5.73 Å². The largest absolute Gasteiger partial charge is 0.330 e. The average molecular weight is 273 g/mol. The highest BCUT2D eigenvalue weighted by atomic mass is 35.5. The van der Waals surface area contributed by atoms with Crippen molar-refractivity contribution >= 4 is 17.2 Å². The molecule has 0 bridgehead atoms. The van der Waals surface area contributed by atoms with E-state index in [1.165, 1.54) is 0 Å². The maximum atomic E-state index is 6.05. The van der Waals surface area contributed by atoms with Gasteiger partial charge in [0, 0.05) is 28.5 Å². The van der Waals surface area contributed by atoms with Gasteiger partial charge in [0.2, 0.25) is 0 Å². The first-order valence-electron chi connectivity index (χ1n) is 6.08. The molecule has 1 aromatic carbocycles. The van der Waals surface area contributed by atoms with Crippen LogP contribution in [-0.2, 0) is 6.42 Å². The number of halogens is 1. The van der Waals surface area contributed by atoms with E-state index in [0.717, 1.165) is 28.9 Å². The molecule has 5 heteroatoms. The molecule has 0 aliphatic rings. The van der Waals surface area contributed by atoms with Crippen molar-refractivity contribution in [2.24, 2.45) is 5.73 Å². The highest BCUT2D eigenvalue weighted by molar-refractivity contribution is 6.30. The Morgan fingerprint density at radius 3 is 2.95 bits per heavy atom. The number of rotatable bonds is 3. The quantitative estimate of drug-likeness (QED) is 0.797. The summed E-state index contributed by atoms with van der Waals surface area (Å²) >= 11 is 6.05. The summed E-state index contributed by atoms with van der Waals surface area (Å²) < 4.78 is 1.78. The summed E-state index contributed by atoms with van der Waals surface area (Å²) in [5, 5.41) is 5.28. The van der Waals surface area contributed by atoms with Crippen LogP contribution in [0.3, 0.4) is 0 Å². The van der Waals surface area contributed by atoms with Crippen molar-refractivity contribution < 1.29 is 0 Å². The highest BCUT2D eigenvalue weighted by Crippen LogP contribution is 2.27. The Balaban J connectivity index is 2.25. The second kappa shape index (κ2) is 4.99. The number of aromatic nitrogens is 3. The lowest BCUT2D eigenvalue weighted by molar-refractivity contribution is 0.941. The van der Waals surface area contributed by atoms with Crippen molar-refractivity contribution in [1.82, 2.24) is 14.6 Å². The lowest BCUT2D eigenvalue weighted by atomic mass is 10.1. The standard InChI is InChI=1S/C14H13ClN4/c15-11-4-1-3-10(9-11)13-12(5-6-16)14-17-7-2-8-19(14)18-13/h1-4,7-9H,5-6,16H2.